The Labute approximate surface area is 520 Å². The zero-order valence-corrected chi connectivity index (χ0v) is 48.8. The Hall–Kier alpha value is -12.0. The van der Waals surface area contributed by atoms with Crippen LogP contribution in [0.2, 0.25) is 0 Å². The van der Waals surface area contributed by atoms with Crippen molar-refractivity contribution in [2.24, 2.45) is 0 Å². The molecule has 416 valence electrons. The summed E-state index contributed by atoms with van der Waals surface area (Å²) in [6.45, 7) is 0. The predicted molar refractivity (Wildman–Crippen MR) is 377 cm³/mol. The highest BCUT2D eigenvalue weighted by Crippen LogP contribution is 2.47. The van der Waals surface area contributed by atoms with E-state index in [1.807, 2.05) is 12.1 Å². The largest absolute Gasteiger partial charge is 0.248 e. The van der Waals surface area contributed by atoms with E-state index < -0.39 is 0 Å². The molecule has 18 aromatic rings. The Balaban J connectivity index is 0.876. The van der Waals surface area contributed by atoms with Crippen LogP contribution in [0.4, 0.5) is 0 Å². The summed E-state index contributed by atoms with van der Waals surface area (Å²) in [7, 11) is 0. The Bertz CT molecular complexity index is 5640. The number of fused-ring (bicyclic) bond motifs is 1. The van der Waals surface area contributed by atoms with Gasteiger partial charge in [0.05, 0.1) is 34.0 Å². The molecule has 3 aromatic heterocycles. The van der Waals surface area contributed by atoms with Crippen LogP contribution < -0.4 is 0 Å². The molecule has 0 fully saturated rings. The van der Waals surface area contributed by atoms with Crippen LogP contribution in [0.5, 0.6) is 0 Å². The van der Waals surface area contributed by atoms with E-state index in [9.17, 15) is 0 Å². The fraction of sp³-hybridized carbons (Fsp3) is 0. The van der Waals surface area contributed by atoms with Crippen LogP contribution in [-0.2, 0) is 0 Å². The molecule has 0 spiro atoms. The number of pyridine rings is 2. The molecule has 0 N–H and O–H groups in total. The molecule has 15 aromatic carbocycles. The smallest absolute Gasteiger partial charge is 0.160 e. The topological polar surface area (TPSA) is 51.6 Å². The molecule has 0 unspecified atom stereocenters. The number of rotatable bonds is 10. The molecule has 4 nitrogen and oxygen atoms in total. The highest BCUT2D eigenvalue weighted by molar-refractivity contribution is 6.28. The molecule has 3 heterocycles. The lowest BCUT2D eigenvalue weighted by Crippen LogP contribution is -1.99. The molecule has 0 amide bonds. The third-order valence-electron chi connectivity index (χ3n) is 18.4. The molecular weight excluding hydrogens is 1090 g/mol. The first-order chi connectivity index (χ1) is 44.6. The third kappa shape index (κ3) is 8.68. The van der Waals surface area contributed by atoms with Crippen molar-refractivity contribution >= 4 is 75.5 Å². The van der Waals surface area contributed by atoms with Crippen LogP contribution in [0.15, 0.2) is 315 Å². The summed E-state index contributed by atoms with van der Waals surface area (Å²) in [5.41, 5.74) is 20.2. The fourth-order valence-corrected chi connectivity index (χ4v) is 14.0. The van der Waals surface area contributed by atoms with Gasteiger partial charge in [0.2, 0.25) is 0 Å². The summed E-state index contributed by atoms with van der Waals surface area (Å²) >= 11 is 0. The first-order valence-electron chi connectivity index (χ1n) is 30.7. The van der Waals surface area contributed by atoms with Crippen molar-refractivity contribution in [3.05, 3.63) is 315 Å². The summed E-state index contributed by atoms with van der Waals surface area (Å²) < 4.78 is 0. The molecule has 0 aliphatic rings. The minimum absolute atomic E-state index is 0.636. The Kier molecular flexibility index (Phi) is 11.9. The van der Waals surface area contributed by atoms with Gasteiger partial charge in [0.15, 0.2) is 5.82 Å². The number of hydrogen-bond donors (Lipinski definition) is 0. The quantitative estimate of drug-likeness (QED) is 0.128. The SMILES string of the molecule is c1ccc(-c2cc(-c3ccccc3)nc(-c3ccc(-c4nc(-c5ccc(-c6cc(-c7ccccc7)nc(-c7ccccc7)c6)cc5)nc5c(-c6ccc7ccc8cccc9ccc6c7c89)cc(-c6ccc7ccc8cccc9ccc6c7c89)cc45)cc3)c2)cc1. The highest BCUT2D eigenvalue weighted by atomic mass is 14.9. The molecule has 0 aliphatic heterocycles. The first kappa shape index (κ1) is 51.3. The normalized spacial score (nSPS) is 11.8. The molecule has 0 radical (unpaired) electrons. The van der Waals surface area contributed by atoms with E-state index in [1.165, 1.54) is 64.6 Å². The molecule has 18 rings (SSSR count). The van der Waals surface area contributed by atoms with Crippen LogP contribution in [0, 0.1) is 0 Å². The average Bonchev–Trinajstić information content (AvgIpc) is 0.872. The van der Waals surface area contributed by atoms with Gasteiger partial charge in [-0.2, -0.15) is 0 Å². The van der Waals surface area contributed by atoms with Crippen LogP contribution in [0.25, 0.3) is 188 Å². The number of nitrogens with zero attached hydrogens (tertiary/aromatic N) is 4. The third-order valence-corrected chi connectivity index (χ3v) is 18.4. The van der Waals surface area contributed by atoms with Gasteiger partial charge in [-0.05, 0) is 140 Å². The second-order valence-corrected chi connectivity index (χ2v) is 23.6. The number of benzene rings is 15. The van der Waals surface area contributed by atoms with Crippen LogP contribution in [-0.4, -0.2) is 19.9 Å². The van der Waals surface area contributed by atoms with Gasteiger partial charge in [-0.25, -0.2) is 19.9 Å². The summed E-state index contributed by atoms with van der Waals surface area (Å²) in [5.74, 6) is 0.636. The zero-order chi connectivity index (χ0) is 59.2. The van der Waals surface area contributed by atoms with Crippen molar-refractivity contribution in [1.82, 2.24) is 19.9 Å². The summed E-state index contributed by atoms with van der Waals surface area (Å²) in [4.78, 5) is 22.1. The molecule has 0 bridgehead atoms. The van der Waals surface area contributed by atoms with Crippen molar-refractivity contribution in [2.75, 3.05) is 0 Å². The maximum Gasteiger partial charge on any atom is 0.160 e. The maximum absolute atomic E-state index is 5.80. The van der Waals surface area contributed by atoms with Crippen LogP contribution >= 0.6 is 0 Å². The van der Waals surface area contributed by atoms with Gasteiger partial charge in [-0.15, -0.1) is 0 Å². The molecule has 4 heteroatoms. The van der Waals surface area contributed by atoms with E-state index >= 15 is 0 Å². The van der Waals surface area contributed by atoms with Crippen molar-refractivity contribution < 1.29 is 0 Å². The van der Waals surface area contributed by atoms with E-state index in [-0.39, 0.29) is 0 Å². The lowest BCUT2D eigenvalue weighted by molar-refractivity contribution is 1.23. The second kappa shape index (κ2) is 20.9. The van der Waals surface area contributed by atoms with Crippen LogP contribution in [0.1, 0.15) is 0 Å². The highest BCUT2D eigenvalue weighted by Gasteiger charge is 2.23. The van der Waals surface area contributed by atoms with E-state index in [4.69, 9.17) is 19.9 Å². The summed E-state index contributed by atoms with van der Waals surface area (Å²) in [5, 5.41) is 15.8. The van der Waals surface area contributed by atoms with Crippen molar-refractivity contribution in [2.45, 2.75) is 0 Å². The summed E-state index contributed by atoms with van der Waals surface area (Å²) in [6, 6.07) is 114. The molecule has 0 atom stereocenters. The van der Waals surface area contributed by atoms with E-state index in [0.29, 0.717) is 5.82 Å². The lowest BCUT2D eigenvalue weighted by atomic mass is 9.86. The Morgan fingerprint density at radius 2 is 0.544 bits per heavy atom. The first-order valence-corrected chi connectivity index (χ1v) is 30.7. The van der Waals surface area contributed by atoms with Gasteiger partial charge < -0.3 is 0 Å². The van der Waals surface area contributed by atoms with Gasteiger partial charge in [0, 0.05) is 44.3 Å². The predicted octanol–water partition coefficient (Wildman–Crippen LogP) is 22.9. The maximum atomic E-state index is 5.80. The van der Waals surface area contributed by atoms with Gasteiger partial charge in [-0.1, -0.05) is 279 Å². The molecule has 90 heavy (non-hydrogen) atoms. The van der Waals surface area contributed by atoms with Gasteiger partial charge in [0.25, 0.3) is 0 Å². The number of aromatic nitrogens is 4. The fourth-order valence-electron chi connectivity index (χ4n) is 14.0. The van der Waals surface area contributed by atoms with Gasteiger partial charge in [0.1, 0.15) is 0 Å². The average molecular weight is 1140 g/mol. The molecular formula is C86H52N4. The Morgan fingerprint density at radius 1 is 0.178 bits per heavy atom. The second-order valence-electron chi connectivity index (χ2n) is 23.6. The van der Waals surface area contributed by atoms with Crippen LogP contribution in [0.3, 0.4) is 0 Å². The number of hydrogen-bond acceptors (Lipinski definition) is 4. The zero-order valence-electron chi connectivity index (χ0n) is 48.8. The molecule has 0 saturated heterocycles. The van der Waals surface area contributed by atoms with E-state index in [1.54, 1.807) is 0 Å². The minimum Gasteiger partial charge on any atom is -0.248 e. The van der Waals surface area contributed by atoms with Crippen molar-refractivity contribution in [3.63, 3.8) is 0 Å². The molecule has 0 aliphatic carbocycles. The monoisotopic (exact) mass is 1140 g/mol. The van der Waals surface area contributed by atoms with E-state index in [0.717, 1.165) is 117 Å². The van der Waals surface area contributed by atoms with Gasteiger partial charge >= 0.3 is 0 Å². The van der Waals surface area contributed by atoms with Gasteiger partial charge in [-0.3, -0.25) is 0 Å². The lowest BCUT2D eigenvalue weighted by Gasteiger charge is -2.19. The molecule has 0 saturated carbocycles. The standard InChI is InChI=1S/C86H52N4/c1-5-15-53(16-6-1)67-49-76(55-17-7-2-8-18-55)88-79(50-67)58-29-35-65(36-30-58)84-75-48-69(70-43-39-63-33-31-59-23-13-25-61-41-45-72(70)82(63)80(59)61)47-74(71-44-40-64-34-32-60-24-14-26-62-42-46-73(71)83(64)81(60)62)85(75)90-86(89-84)66-37-27-54(28-38-66)68-51-77(56-19-9-3-10-20-56)87-78(52-68)57-21-11-4-12-22-57/h1-52H. The summed E-state index contributed by atoms with van der Waals surface area (Å²) in [6.07, 6.45) is 0. The van der Waals surface area contributed by atoms with E-state index in [2.05, 4.69) is 303 Å². The van der Waals surface area contributed by atoms with Crippen molar-refractivity contribution in [3.8, 4) is 112 Å². The van der Waals surface area contributed by atoms with Crippen molar-refractivity contribution in [1.29, 1.82) is 0 Å². The Morgan fingerprint density at radius 3 is 1.03 bits per heavy atom. The minimum atomic E-state index is 0.636.